The Morgan fingerprint density at radius 2 is 1.88 bits per heavy atom. The molecule has 1 saturated heterocycles. The van der Waals surface area contributed by atoms with E-state index < -0.39 is 34.5 Å². The number of likely N-dealkylation sites (tertiary alicyclic amines) is 1. The molecule has 1 aromatic heterocycles. The summed E-state index contributed by atoms with van der Waals surface area (Å²) in [6.45, 7) is 3.12. The molecule has 0 spiro atoms. The van der Waals surface area contributed by atoms with Crippen LogP contribution in [0.4, 0.5) is 18.2 Å². The van der Waals surface area contributed by atoms with Crippen LogP contribution in [0.25, 0.3) is 10.1 Å². The van der Waals surface area contributed by atoms with Crippen molar-refractivity contribution in [2.75, 3.05) is 36.2 Å². The number of hydrogen-bond donors (Lipinski definition) is 1. The molecule has 184 valence electrons. The molecule has 0 bridgehead atoms. The number of unbranched alkanes of at least 4 members (excludes halogenated alkanes) is 1. The van der Waals surface area contributed by atoms with E-state index in [0.717, 1.165) is 15.6 Å². The zero-order chi connectivity index (χ0) is 24.2. The summed E-state index contributed by atoms with van der Waals surface area (Å²) in [5.74, 6) is -1.39. The number of anilines is 1. The topological polar surface area (TPSA) is 77.9 Å². The molecule has 6 nitrogen and oxygen atoms in total. The van der Waals surface area contributed by atoms with E-state index in [1.54, 1.807) is 0 Å². The Labute approximate surface area is 196 Å². The van der Waals surface area contributed by atoms with Gasteiger partial charge in [0.25, 0.3) is 0 Å². The van der Waals surface area contributed by atoms with E-state index in [0.29, 0.717) is 30.9 Å². The first-order valence-corrected chi connectivity index (χ1v) is 13.4. The summed E-state index contributed by atoms with van der Waals surface area (Å²) in [6, 6.07) is 7.54. The highest BCUT2D eigenvalue weighted by molar-refractivity contribution is 7.93. The van der Waals surface area contributed by atoms with E-state index in [-0.39, 0.29) is 31.7 Å². The molecular formula is C22H29F3N2O4S2. The summed E-state index contributed by atoms with van der Waals surface area (Å²) in [6.07, 6.45) is -4.28. The number of aryl methyl sites for hydroxylation is 1. The number of hydrogen-bond acceptors (Lipinski definition) is 5. The van der Waals surface area contributed by atoms with Crippen LogP contribution in [0, 0.1) is 12.8 Å². The molecule has 0 amide bonds. The fourth-order valence-corrected chi connectivity index (χ4v) is 7.21. The van der Waals surface area contributed by atoms with Gasteiger partial charge in [-0.25, -0.2) is 8.42 Å². The Morgan fingerprint density at radius 1 is 1.21 bits per heavy atom. The average molecular weight is 507 g/mol. The van der Waals surface area contributed by atoms with E-state index in [2.05, 4.69) is 0 Å². The predicted octanol–water partition coefficient (Wildman–Crippen LogP) is 4.88. The number of nitrogens with zero attached hydrogens (tertiary/aromatic N) is 2. The number of carbonyl (C=O) groups is 1. The molecule has 3 rings (SSSR count). The van der Waals surface area contributed by atoms with Crippen LogP contribution in [0.3, 0.4) is 0 Å². The highest BCUT2D eigenvalue weighted by Gasteiger charge is 2.30. The number of fused-ring (bicyclic) bond motifs is 1. The number of sulfonamides is 1. The Bertz CT molecular complexity index is 1060. The van der Waals surface area contributed by atoms with Crippen LogP contribution in [-0.4, -0.2) is 62.5 Å². The van der Waals surface area contributed by atoms with Crippen LogP contribution in [0.15, 0.2) is 24.3 Å². The summed E-state index contributed by atoms with van der Waals surface area (Å²) < 4.78 is 66.6. The van der Waals surface area contributed by atoms with Crippen molar-refractivity contribution < 1.29 is 31.5 Å². The number of alkyl halides is 3. The smallest absolute Gasteiger partial charge is 0.389 e. The average Bonchev–Trinajstić information content (AvgIpc) is 3.08. The minimum atomic E-state index is -4.26. The SMILES string of the molecule is Cc1c(N(CCCCC(F)(F)F)S(=O)(=O)CCN2CCC(C(=O)O)CC2)sc2ccccc12. The number of carboxylic acids is 1. The fraction of sp³-hybridized carbons (Fsp3) is 0.591. The first-order valence-electron chi connectivity index (χ1n) is 11.0. The lowest BCUT2D eigenvalue weighted by Gasteiger charge is -2.31. The van der Waals surface area contributed by atoms with Gasteiger partial charge in [-0.2, -0.15) is 13.2 Å². The molecular weight excluding hydrogens is 477 g/mol. The lowest BCUT2D eigenvalue weighted by Crippen LogP contribution is -2.42. The van der Waals surface area contributed by atoms with Crippen molar-refractivity contribution in [2.24, 2.45) is 5.92 Å². The van der Waals surface area contributed by atoms with Gasteiger partial charge in [-0.1, -0.05) is 18.2 Å². The predicted molar refractivity (Wildman–Crippen MR) is 124 cm³/mol. The first kappa shape index (κ1) is 25.8. The van der Waals surface area contributed by atoms with Gasteiger partial charge in [-0.05, 0) is 62.7 Å². The van der Waals surface area contributed by atoms with Gasteiger partial charge in [0.05, 0.1) is 11.7 Å². The van der Waals surface area contributed by atoms with E-state index in [1.807, 2.05) is 36.1 Å². The molecule has 0 unspecified atom stereocenters. The quantitative estimate of drug-likeness (QED) is 0.465. The monoisotopic (exact) mass is 506 g/mol. The van der Waals surface area contributed by atoms with Gasteiger partial charge in [0.2, 0.25) is 10.0 Å². The zero-order valence-corrected chi connectivity index (χ0v) is 20.1. The molecule has 1 fully saturated rings. The summed E-state index contributed by atoms with van der Waals surface area (Å²) >= 11 is 1.33. The molecule has 11 heteroatoms. The summed E-state index contributed by atoms with van der Waals surface area (Å²) in [7, 11) is -3.79. The molecule has 1 N–H and O–H groups in total. The van der Waals surface area contributed by atoms with Crippen molar-refractivity contribution in [3.63, 3.8) is 0 Å². The molecule has 33 heavy (non-hydrogen) atoms. The van der Waals surface area contributed by atoms with Crippen LogP contribution in [0.1, 0.15) is 37.7 Å². The first-order chi connectivity index (χ1) is 15.5. The lowest BCUT2D eigenvalue weighted by atomic mass is 9.97. The second-order valence-electron chi connectivity index (χ2n) is 8.44. The molecule has 0 radical (unpaired) electrons. The minimum absolute atomic E-state index is 0.00678. The summed E-state index contributed by atoms with van der Waals surface area (Å²) in [5, 5.41) is 10.6. The van der Waals surface area contributed by atoms with Gasteiger partial charge in [0.15, 0.2) is 0 Å². The normalized spacial score (nSPS) is 16.4. The maximum atomic E-state index is 13.4. The van der Waals surface area contributed by atoms with Crippen LogP contribution in [0.5, 0.6) is 0 Å². The molecule has 0 atom stereocenters. The van der Waals surface area contributed by atoms with Crippen molar-refractivity contribution in [1.82, 2.24) is 4.90 Å². The number of halogens is 3. The fourth-order valence-electron chi connectivity index (χ4n) is 4.11. The molecule has 2 aromatic rings. The number of thiophene rings is 1. The Morgan fingerprint density at radius 3 is 2.48 bits per heavy atom. The van der Waals surface area contributed by atoms with Gasteiger partial charge < -0.3 is 10.0 Å². The third-order valence-electron chi connectivity index (χ3n) is 6.05. The highest BCUT2D eigenvalue weighted by atomic mass is 32.2. The van der Waals surface area contributed by atoms with E-state index in [1.165, 1.54) is 15.6 Å². The van der Waals surface area contributed by atoms with Crippen molar-refractivity contribution in [2.45, 2.75) is 45.2 Å². The van der Waals surface area contributed by atoms with Crippen LogP contribution >= 0.6 is 11.3 Å². The molecule has 0 aliphatic carbocycles. The van der Waals surface area contributed by atoms with E-state index >= 15 is 0 Å². The second-order valence-corrected chi connectivity index (χ2v) is 11.5. The number of benzene rings is 1. The van der Waals surface area contributed by atoms with Gasteiger partial charge in [0, 0.05) is 24.2 Å². The molecule has 2 heterocycles. The van der Waals surface area contributed by atoms with E-state index in [4.69, 9.17) is 5.11 Å². The molecule has 1 aromatic carbocycles. The van der Waals surface area contributed by atoms with Crippen molar-refractivity contribution >= 4 is 42.4 Å². The Kier molecular flexibility index (Phi) is 8.28. The summed E-state index contributed by atoms with van der Waals surface area (Å²) in [5.41, 5.74) is 0.803. The lowest BCUT2D eigenvalue weighted by molar-refractivity contribution is -0.143. The van der Waals surface area contributed by atoms with Crippen LogP contribution in [-0.2, 0) is 14.8 Å². The summed E-state index contributed by atoms with van der Waals surface area (Å²) in [4.78, 5) is 13.1. The number of piperidine rings is 1. The van der Waals surface area contributed by atoms with Gasteiger partial charge >= 0.3 is 12.1 Å². The third kappa shape index (κ3) is 6.83. The maximum Gasteiger partial charge on any atom is 0.389 e. The van der Waals surface area contributed by atoms with Crippen LogP contribution in [0.2, 0.25) is 0 Å². The third-order valence-corrected chi connectivity index (χ3v) is 9.20. The van der Waals surface area contributed by atoms with Crippen LogP contribution < -0.4 is 4.31 Å². The van der Waals surface area contributed by atoms with Crippen molar-refractivity contribution in [1.29, 1.82) is 0 Å². The molecule has 0 saturated carbocycles. The van der Waals surface area contributed by atoms with Gasteiger partial charge in [0.1, 0.15) is 5.00 Å². The molecule has 1 aliphatic heterocycles. The van der Waals surface area contributed by atoms with Gasteiger partial charge in [-0.15, -0.1) is 11.3 Å². The van der Waals surface area contributed by atoms with Crippen molar-refractivity contribution in [3.05, 3.63) is 29.8 Å². The largest absolute Gasteiger partial charge is 0.481 e. The standard InChI is InChI=1S/C22H29F3N2O4S2/c1-16-18-6-2-3-7-19(18)32-20(16)27(11-5-4-10-22(23,24)25)33(30,31)15-14-26-12-8-17(9-13-26)21(28)29/h2-3,6-7,17H,4-5,8-15H2,1H3,(H,28,29). The second kappa shape index (κ2) is 10.6. The van der Waals surface area contributed by atoms with Crippen molar-refractivity contribution in [3.8, 4) is 0 Å². The van der Waals surface area contributed by atoms with Gasteiger partial charge in [-0.3, -0.25) is 9.10 Å². The molecule has 1 aliphatic rings. The number of aliphatic carboxylic acids is 1. The number of carboxylic acid groups (broad SMARTS) is 1. The zero-order valence-electron chi connectivity index (χ0n) is 18.5. The Hall–Kier alpha value is -1.85. The van der Waals surface area contributed by atoms with E-state index in [9.17, 15) is 26.4 Å². The maximum absolute atomic E-state index is 13.4. The number of rotatable bonds is 10. The Balaban J connectivity index is 1.74. The minimum Gasteiger partial charge on any atom is -0.481 e. The highest BCUT2D eigenvalue weighted by Crippen LogP contribution is 2.39.